The van der Waals surface area contributed by atoms with Crippen LogP contribution in [0.15, 0.2) is 53.5 Å². The van der Waals surface area contributed by atoms with Gasteiger partial charge in [0.25, 0.3) is 0 Å². The highest BCUT2D eigenvalue weighted by Gasteiger charge is 2.44. The molecule has 5 aromatic rings. The molecule has 8 rings (SSSR count). The smallest absolute Gasteiger partial charge is 0.212 e. The summed E-state index contributed by atoms with van der Waals surface area (Å²) in [5.74, 6) is 2.42. The number of nitrogens with one attached hydrogen (secondary N) is 1. The van der Waals surface area contributed by atoms with Crippen LogP contribution in [0.3, 0.4) is 0 Å². The van der Waals surface area contributed by atoms with Crippen molar-refractivity contribution >= 4 is 38.3 Å². The van der Waals surface area contributed by atoms with Crippen LogP contribution in [0, 0.1) is 0 Å². The molecular formula is C27H27BrN8O2. The number of hydrogen-bond acceptors (Lipinski definition) is 8. The quantitative estimate of drug-likeness (QED) is 0.307. The van der Waals surface area contributed by atoms with Crippen molar-refractivity contribution in [3.05, 3.63) is 59.1 Å². The topological polar surface area (TPSA) is 96.7 Å². The third-order valence-corrected chi connectivity index (χ3v) is 8.15. The molecule has 3 aliphatic heterocycles. The predicted molar refractivity (Wildman–Crippen MR) is 148 cm³/mol. The van der Waals surface area contributed by atoms with Gasteiger partial charge in [-0.25, -0.2) is 14.5 Å². The van der Waals surface area contributed by atoms with Crippen LogP contribution in [0.5, 0.6) is 11.6 Å². The Morgan fingerprint density at radius 1 is 1.11 bits per heavy atom. The number of hydrogen-bond donors (Lipinski definition) is 1. The van der Waals surface area contributed by atoms with Crippen molar-refractivity contribution in [3.63, 3.8) is 0 Å². The summed E-state index contributed by atoms with van der Waals surface area (Å²) in [7, 11) is 1.64. The Kier molecular flexibility index (Phi) is 5.70. The van der Waals surface area contributed by atoms with Crippen molar-refractivity contribution in [1.82, 2.24) is 34.7 Å². The number of aromatic amines is 1. The fourth-order valence-corrected chi connectivity index (χ4v) is 6.22. The summed E-state index contributed by atoms with van der Waals surface area (Å²) in [5, 5.41) is 12.9. The number of rotatable bonds is 7. The van der Waals surface area contributed by atoms with E-state index in [0.29, 0.717) is 24.6 Å². The maximum Gasteiger partial charge on any atom is 0.212 e. The number of halogens is 1. The zero-order valence-corrected chi connectivity index (χ0v) is 22.7. The van der Waals surface area contributed by atoms with E-state index in [2.05, 4.69) is 70.3 Å². The Hall–Kier alpha value is -3.70. The van der Waals surface area contributed by atoms with E-state index < -0.39 is 0 Å². The van der Waals surface area contributed by atoms with E-state index >= 15 is 0 Å². The number of anilines is 1. The molecule has 5 aromatic heterocycles. The predicted octanol–water partition coefficient (Wildman–Crippen LogP) is 4.30. The molecule has 2 bridgehead atoms. The van der Waals surface area contributed by atoms with Gasteiger partial charge in [0.15, 0.2) is 5.65 Å². The van der Waals surface area contributed by atoms with Crippen LogP contribution in [-0.4, -0.2) is 73.6 Å². The Bertz CT molecular complexity index is 1600. The number of aromatic nitrogens is 6. The van der Waals surface area contributed by atoms with Gasteiger partial charge in [0, 0.05) is 61.3 Å². The Morgan fingerprint density at radius 3 is 2.68 bits per heavy atom. The van der Waals surface area contributed by atoms with Gasteiger partial charge in [-0.15, -0.1) is 5.10 Å². The second-order valence-corrected chi connectivity index (χ2v) is 10.5. The van der Waals surface area contributed by atoms with E-state index in [1.54, 1.807) is 7.11 Å². The van der Waals surface area contributed by atoms with Crippen molar-refractivity contribution < 1.29 is 9.47 Å². The van der Waals surface area contributed by atoms with Crippen molar-refractivity contribution in [2.75, 3.05) is 31.7 Å². The van der Waals surface area contributed by atoms with Crippen LogP contribution < -0.4 is 14.4 Å². The molecule has 3 fully saturated rings. The summed E-state index contributed by atoms with van der Waals surface area (Å²) in [6.07, 6.45) is 7.00. The number of pyridine rings is 3. The fraction of sp³-hybridized carbons (Fsp3) is 0.333. The summed E-state index contributed by atoms with van der Waals surface area (Å²) < 4.78 is 13.6. The second kappa shape index (κ2) is 9.25. The molecule has 0 aromatic carbocycles. The van der Waals surface area contributed by atoms with Crippen LogP contribution in [0.2, 0.25) is 0 Å². The minimum atomic E-state index is 0.526. The first-order valence-electron chi connectivity index (χ1n) is 12.8. The van der Waals surface area contributed by atoms with Gasteiger partial charge >= 0.3 is 0 Å². The average Bonchev–Trinajstić information content (AvgIpc) is 3.50. The van der Waals surface area contributed by atoms with E-state index in [4.69, 9.17) is 14.5 Å². The van der Waals surface area contributed by atoms with Crippen LogP contribution in [0.4, 0.5) is 5.82 Å². The normalized spacial score (nSPS) is 19.2. The van der Waals surface area contributed by atoms with Crippen molar-refractivity contribution in [3.8, 4) is 22.8 Å². The number of methoxy groups -OCH3 is 1. The van der Waals surface area contributed by atoms with Gasteiger partial charge in [-0.05, 0) is 53.0 Å². The number of piperidine rings is 1. The van der Waals surface area contributed by atoms with E-state index in [1.807, 2.05) is 36.1 Å². The van der Waals surface area contributed by atoms with Gasteiger partial charge in [-0.3, -0.25) is 10.00 Å². The largest absolute Gasteiger partial charge is 0.492 e. The van der Waals surface area contributed by atoms with E-state index in [-0.39, 0.29) is 0 Å². The van der Waals surface area contributed by atoms with Gasteiger partial charge in [-0.2, -0.15) is 5.10 Å². The maximum atomic E-state index is 5.84. The highest BCUT2D eigenvalue weighted by Crippen LogP contribution is 2.38. The van der Waals surface area contributed by atoms with Crippen molar-refractivity contribution in [1.29, 1.82) is 0 Å². The molecule has 194 valence electrons. The zero-order chi connectivity index (χ0) is 25.8. The number of piperazine rings is 1. The van der Waals surface area contributed by atoms with Gasteiger partial charge < -0.3 is 14.4 Å². The third kappa shape index (κ3) is 3.88. The van der Waals surface area contributed by atoms with Crippen LogP contribution >= 0.6 is 15.9 Å². The van der Waals surface area contributed by atoms with Gasteiger partial charge in [-0.1, -0.05) is 6.07 Å². The number of ether oxygens (including phenoxy) is 2. The molecule has 38 heavy (non-hydrogen) atoms. The summed E-state index contributed by atoms with van der Waals surface area (Å²) in [6.45, 7) is 5.42. The fourth-order valence-electron chi connectivity index (χ4n) is 5.75. The molecule has 3 aliphatic rings. The molecule has 0 radical (unpaired) electrons. The van der Waals surface area contributed by atoms with Crippen LogP contribution in [0.1, 0.15) is 18.9 Å². The lowest BCUT2D eigenvalue weighted by Gasteiger charge is -2.56. The van der Waals surface area contributed by atoms with E-state index in [9.17, 15) is 0 Å². The molecule has 3 saturated heterocycles. The monoisotopic (exact) mass is 574 g/mol. The molecule has 2 atom stereocenters. The SMILES string of the molecule is CCOc1cc(-c2ccc(N3CC4CC(C3)N4Cc3ccc(OC)nc3)nc2)c2c3c(Br)n[nH]c3nn2c1. The zero-order valence-electron chi connectivity index (χ0n) is 21.1. The highest BCUT2D eigenvalue weighted by molar-refractivity contribution is 9.10. The van der Waals surface area contributed by atoms with Gasteiger partial charge in [0.1, 0.15) is 16.2 Å². The number of fused-ring (bicyclic) bond motifs is 5. The average molecular weight is 575 g/mol. The van der Waals surface area contributed by atoms with Crippen molar-refractivity contribution in [2.24, 2.45) is 0 Å². The lowest BCUT2D eigenvalue weighted by molar-refractivity contribution is -0.00876. The third-order valence-electron chi connectivity index (χ3n) is 7.58. The maximum absolute atomic E-state index is 5.84. The molecule has 11 heteroatoms. The first-order valence-corrected chi connectivity index (χ1v) is 13.6. The van der Waals surface area contributed by atoms with E-state index in [0.717, 1.165) is 63.5 Å². The molecule has 8 heterocycles. The van der Waals surface area contributed by atoms with Crippen molar-refractivity contribution in [2.45, 2.75) is 32.0 Å². The summed E-state index contributed by atoms with van der Waals surface area (Å²) in [4.78, 5) is 14.2. The molecule has 10 nitrogen and oxygen atoms in total. The first kappa shape index (κ1) is 23.4. The number of nitrogens with zero attached hydrogens (tertiary/aromatic N) is 7. The molecular weight excluding hydrogens is 548 g/mol. The lowest BCUT2D eigenvalue weighted by atomic mass is 9.87. The number of H-pyrrole nitrogens is 1. The highest BCUT2D eigenvalue weighted by atomic mass is 79.9. The van der Waals surface area contributed by atoms with Gasteiger partial charge in [0.2, 0.25) is 5.88 Å². The Labute approximate surface area is 227 Å². The first-order chi connectivity index (χ1) is 18.6. The van der Waals surface area contributed by atoms with Gasteiger partial charge in [0.05, 0.1) is 30.8 Å². The molecule has 0 spiro atoms. The molecule has 0 saturated carbocycles. The molecule has 2 unspecified atom stereocenters. The molecule has 0 aliphatic carbocycles. The lowest BCUT2D eigenvalue weighted by Crippen LogP contribution is -2.68. The molecule has 0 amide bonds. The standard InChI is InChI=1S/C27H27BrN8O2/c1-3-38-20-9-21(25-24-26(28)31-32-27(24)33-36(25)15-20)17-5-6-22(29-11-17)34-13-18-8-19(14-34)35(18)12-16-4-7-23(37-2)30-10-16/h4-7,9-11,15,18-19H,3,8,12-14H2,1-2H3,(H,32,33). The second-order valence-electron chi connectivity index (χ2n) is 9.79. The minimum absolute atomic E-state index is 0.526. The Morgan fingerprint density at radius 2 is 1.97 bits per heavy atom. The minimum Gasteiger partial charge on any atom is -0.492 e. The summed E-state index contributed by atoms with van der Waals surface area (Å²) in [5.41, 5.74) is 4.90. The Balaban J connectivity index is 1.13. The molecule has 1 N–H and O–H groups in total. The summed E-state index contributed by atoms with van der Waals surface area (Å²) >= 11 is 3.57. The summed E-state index contributed by atoms with van der Waals surface area (Å²) in [6, 6.07) is 11.4. The van der Waals surface area contributed by atoms with Crippen LogP contribution in [-0.2, 0) is 6.54 Å². The van der Waals surface area contributed by atoms with E-state index in [1.165, 1.54) is 12.0 Å². The van der Waals surface area contributed by atoms with Crippen LogP contribution in [0.25, 0.3) is 27.7 Å².